The standard InChI is InChI=1S/C20H19F3N2O4/c1-28-12-4-2-11(3-5-12)9-25-10-18(29-20(24)27)14(7-19(25)26)13-6-16(22)17(23)8-15(13)21/h2-6,8,14,18H,7,9-10H2,1H3,(H2,24,27)/t14-,18+/m0/s1. The van der Waals surface area contributed by atoms with Crippen molar-refractivity contribution in [3.63, 3.8) is 0 Å². The molecule has 1 heterocycles. The minimum absolute atomic E-state index is 0.0725. The Morgan fingerprint density at radius 1 is 1.14 bits per heavy atom. The lowest BCUT2D eigenvalue weighted by atomic mass is 9.85. The molecular weight excluding hydrogens is 389 g/mol. The molecule has 0 radical (unpaired) electrons. The molecule has 0 spiro atoms. The van der Waals surface area contributed by atoms with Crippen molar-refractivity contribution in [2.45, 2.75) is 25.0 Å². The average Bonchev–Trinajstić information content (AvgIpc) is 2.67. The van der Waals surface area contributed by atoms with Gasteiger partial charge in [0, 0.05) is 24.9 Å². The lowest BCUT2D eigenvalue weighted by Gasteiger charge is -2.37. The zero-order valence-electron chi connectivity index (χ0n) is 15.5. The van der Waals surface area contributed by atoms with Crippen LogP contribution in [0.1, 0.15) is 23.5 Å². The highest BCUT2D eigenvalue weighted by atomic mass is 19.2. The maximum absolute atomic E-state index is 14.3. The molecule has 1 aliphatic heterocycles. The van der Waals surface area contributed by atoms with Crippen LogP contribution >= 0.6 is 0 Å². The second-order valence-corrected chi connectivity index (χ2v) is 6.70. The van der Waals surface area contributed by atoms with Crippen molar-refractivity contribution >= 4 is 12.0 Å². The van der Waals surface area contributed by atoms with Gasteiger partial charge < -0.3 is 20.1 Å². The number of hydrogen-bond acceptors (Lipinski definition) is 4. The molecule has 2 atom stereocenters. The number of carbonyl (C=O) groups excluding carboxylic acids is 2. The maximum Gasteiger partial charge on any atom is 0.404 e. The van der Waals surface area contributed by atoms with Crippen molar-refractivity contribution in [3.8, 4) is 5.75 Å². The summed E-state index contributed by atoms with van der Waals surface area (Å²) in [4.78, 5) is 25.4. The molecule has 1 fully saturated rings. The smallest absolute Gasteiger partial charge is 0.404 e. The van der Waals surface area contributed by atoms with Gasteiger partial charge >= 0.3 is 6.09 Å². The number of benzene rings is 2. The van der Waals surface area contributed by atoms with Crippen LogP contribution in [0, 0.1) is 17.5 Å². The van der Waals surface area contributed by atoms with E-state index in [-0.39, 0.29) is 31.0 Å². The molecule has 2 amide bonds. The van der Waals surface area contributed by atoms with Crippen LogP contribution in [0.4, 0.5) is 18.0 Å². The highest BCUT2D eigenvalue weighted by Crippen LogP contribution is 2.34. The Labute approximate surface area is 165 Å². The van der Waals surface area contributed by atoms with Crippen LogP contribution in [-0.4, -0.2) is 36.7 Å². The molecule has 3 rings (SSSR count). The first-order valence-corrected chi connectivity index (χ1v) is 8.79. The fourth-order valence-electron chi connectivity index (χ4n) is 3.40. The molecule has 2 aromatic carbocycles. The Hall–Kier alpha value is -3.23. The summed E-state index contributed by atoms with van der Waals surface area (Å²) >= 11 is 0. The Morgan fingerprint density at radius 3 is 2.41 bits per heavy atom. The number of likely N-dealkylation sites (tertiary alicyclic amines) is 1. The average molecular weight is 408 g/mol. The number of rotatable bonds is 5. The van der Waals surface area contributed by atoms with Crippen molar-refractivity contribution in [1.82, 2.24) is 4.90 Å². The molecule has 0 saturated carbocycles. The molecule has 1 aliphatic rings. The van der Waals surface area contributed by atoms with Crippen LogP contribution in [-0.2, 0) is 16.1 Å². The number of piperidine rings is 1. The van der Waals surface area contributed by atoms with E-state index < -0.39 is 35.6 Å². The van der Waals surface area contributed by atoms with E-state index in [4.69, 9.17) is 15.2 Å². The van der Waals surface area contributed by atoms with Gasteiger partial charge in [0.05, 0.1) is 13.7 Å². The van der Waals surface area contributed by atoms with E-state index in [1.165, 1.54) is 12.0 Å². The first kappa shape index (κ1) is 20.5. The molecule has 0 aliphatic carbocycles. The highest BCUT2D eigenvalue weighted by molar-refractivity contribution is 5.78. The van der Waals surface area contributed by atoms with Crippen molar-refractivity contribution in [1.29, 1.82) is 0 Å². The van der Waals surface area contributed by atoms with E-state index in [1.807, 2.05) is 0 Å². The lowest BCUT2D eigenvalue weighted by Crippen LogP contribution is -2.48. The molecule has 0 bridgehead atoms. The van der Waals surface area contributed by atoms with Gasteiger partial charge in [-0.1, -0.05) is 12.1 Å². The fourth-order valence-corrected chi connectivity index (χ4v) is 3.40. The predicted molar refractivity (Wildman–Crippen MR) is 96.5 cm³/mol. The van der Waals surface area contributed by atoms with E-state index in [1.54, 1.807) is 24.3 Å². The van der Waals surface area contributed by atoms with Gasteiger partial charge in [-0.3, -0.25) is 4.79 Å². The third-order valence-corrected chi connectivity index (χ3v) is 4.84. The van der Waals surface area contributed by atoms with Gasteiger partial charge in [0.15, 0.2) is 11.6 Å². The summed E-state index contributed by atoms with van der Waals surface area (Å²) in [5, 5.41) is 0. The van der Waals surface area contributed by atoms with Crippen LogP contribution in [0.2, 0.25) is 0 Å². The maximum atomic E-state index is 14.3. The lowest BCUT2D eigenvalue weighted by molar-refractivity contribution is -0.138. The van der Waals surface area contributed by atoms with Gasteiger partial charge in [-0.2, -0.15) is 0 Å². The van der Waals surface area contributed by atoms with E-state index >= 15 is 0 Å². The summed E-state index contributed by atoms with van der Waals surface area (Å²) in [7, 11) is 1.53. The van der Waals surface area contributed by atoms with Gasteiger partial charge in [0.1, 0.15) is 17.7 Å². The van der Waals surface area contributed by atoms with Gasteiger partial charge in [-0.15, -0.1) is 0 Å². The van der Waals surface area contributed by atoms with Crippen LogP contribution < -0.4 is 10.5 Å². The number of methoxy groups -OCH3 is 1. The first-order chi connectivity index (χ1) is 13.8. The molecule has 0 unspecified atom stereocenters. The minimum Gasteiger partial charge on any atom is -0.497 e. The second-order valence-electron chi connectivity index (χ2n) is 6.70. The number of amides is 2. The molecule has 2 aromatic rings. The summed E-state index contributed by atoms with van der Waals surface area (Å²) < 4.78 is 51.3. The van der Waals surface area contributed by atoms with E-state index in [0.717, 1.165) is 5.56 Å². The van der Waals surface area contributed by atoms with E-state index in [9.17, 15) is 22.8 Å². The number of nitrogens with two attached hydrogens (primary N) is 1. The second kappa shape index (κ2) is 8.42. The van der Waals surface area contributed by atoms with E-state index in [2.05, 4.69) is 0 Å². The van der Waals surface area contributed by atoms with Gasteiger partial charge in [-0.05, 0) is 29.3 Å². The quantitative estimate of drug-likeness (QED) is 0.771. The molecule has 0 aromatic heterocycles. The number of carbonyl (C=O) groups is 2. The van der Waals surface area contributed by atoms with Crippen LogP contribution in [0.15, 0.2) is 36.4 Å². The molecule has 154 valence electrons. The summed E-state index contributed by atoms with van der Waals surface area (Å²) in [5.74, 6) is -4.31. The molecule has 1 saturated heterocycles. The summed E-state index contributed by atoms with van der Waals surface area (Å²) in [6.07, 6.45) is -2.37. The number of halogens is 3. The summed E-state index contributed by atoms with van der Waals surface area (Å²) in [6, 6.07) is 8.11. The third kappa shape index (κ3) is 4.61. The third-order valence-electron chi connectivity index (χ3n) is 4.84. The molecule has 29 heavy (non-hydrogen) atoms. The number of primary amides is 1. The van der Waals surface area contributed by atoms with Crippen LogP contribution in [0.25, 0.3) is 0 Å². The Balaban J connectivity index is 1.85. The summed E-state index contributed by atoms with van der Waals surface area (Å²) in [6.45, 7) is 0.144. The predicted octanol–water partition coefficient (Wildman–Crippen LogP) is 3.09. The van der Waals surface area contributed by atoms with Crippen molar-refractivity contribution in [2.24, 2.45) is 5.73 Å². The van der Waals surface area contributed by atoms with Gasteiger partial charge in [-0.25, -0.2) is 18.0 Å². The topological polar surface area (TPSA) is 81.9 Å². The SMILES string of the molecule is COc1ccc(CN2C[C@@H](OC(N)=O)[C@H](c3cc(F)c(F)cc3F)CC2=O)cc1. The minimum atomic E-state index is -1.35. The number of hydrogen-bond donors (Lipinski definition) is 1. The highest BCUT2D eigenvalue weighted by Gasteiger charge is 2.39. The number of ether oxygens (including phenoxy) is 2. The summed E-state index contributed by atoms with van der Waals surface area (Å²) in [5.41, 5.74) is 5.67. The molecule has 6 nitrogen and oxygen atoms in total. The molecular formula is C20H19F3N2O4. The van der Waals surface area contributed by atoms with Crippen molar-refractivity contribution in [3.05, 3.63) is 65.0 Å². The van der Waals surface area contributed by atoms with Crippen LogP contribution in [0.5, 0.6) is 5.75 Å². The number of nitrogens with zero attached hydrogens (tertiary/aromatic N) is 1. The Morgan fingerprint density at radius 2 is 1.79 bits per heavy atom. The first-order valence-electron chi connectivity index (χ1n) is 8.79. The Bertz CT molecular complexity index is 921. The zero-order chi connectivity index (χ0) is 21.1. The van der Waals surface area contributed by atoms with E-state index in [0.29, 0.717) is 17.9 Å². The van der Waals surface area contributed by atoms with Gasteiger partial charge in [0.2, 0.25) is 5.91 Å². The van der Waals surface area contributed by atoms with Crippen LogP contribution in [0.3, 0.4) is 0 Å². The molecule has 2 N–H and O–H groups in total. The normalized spacial score (nSPS) is 19.2. The molecule has 9 heteroatoms. The van der Waals surface area contributed by atoms with Crippen molar-refractivity contribution < 1.29 is 32.2 Å². The fraction of sp³-hybridized carbons (Fsp3) is 0.300. The zero-order valence-corrected chi connectivity index (χ0v) is 15.5. The monoisotopic (exact) mass is 408 g/mol. The van der Waals surface area contributed by atoms with Gasteiger partial charge in [0.25, 0.3) is 0 Å². The Kier molecular flexibility index (Phi) is 5.95. The van der Waals surface area contributed by atoms with Crippen molar-refractivity contribution in [2.75, 3.05) is 13.7 Å². The largest absolute Gasteiger partial charge is 0.497 e.